The Labute approximate surface area is 155 Å². The van der Waals surface area contributed by atoms with Gasteiger partial charge in [-0.3, -0.25) is 4.79 Å². The van der Waals surface area contributed by atoms with E-state index in [1.54, 1.807) is 6.20 Å². The number of carbonyl (C=O) groups is 1. The van der Waals surface area contributed by atoms with Gasteiger partial charge in [-0.25, -0.2) is 9.97 Å². The minimum Gasteiger partial charge on any atom is -0.336 e. The first-order valence-electron chi connectivity index (χ1n) is 9.91. The zero-order chi connectivity index (χ0) is 17.9. The van der Waals surface area contributed by atoms with Gasteiger partial charge >= 0.3 is 0 Å². The Kier molecular flexibility index (Phi) is 5.00. The van der Waals surface area contributed by atoms with Gasteiger partial charge in [0, 0.05) is 24.7 Å². The monoisotopic (exact) mass is 349 g/mol. The lowest BCUT2D eigenvalue weighted by molar-refractivity contribution is 0.0600. The summed E-state index contributed by atoms with van der Waals surface area (Å²) in [4.78, 5) is 24.4. The van der Waals surface area contributed by atoms with Crippen LogP contribution in [0.15, 0.2) is 36.5 Å². The molecule has 1 aromatic carbocycles. The van der Waals surface area contributed by atoms with Crippen molar-refractivity contribution in [3.05, 3.63) is 59.2 Å². The Bertz CT molecular complexity index is 770. The van der Waals surface area contributed by atoms with Gasteiger partial charge in [-0.05, 0) is 57.4 Å². The molecule has 0 N–H and O–H groups in total. The lowest BCUT2D eigenvalue weighted by atomic mass is 9.95. The van der Waals surface area contributed by atoms with Crippen LogP contribution in [-0.2, 0) is 6.42 Å². The Hall–Kier alpha value is -2.23. The van der Waals surface area contributed by atoms with Crippen molar-refractivity contribution in [1.82, 2.24) is 14.9 Å². The smallest absolute Gasteiger partial charge is 0.257 e. The van der Waals surface area contributed by atoms with Gasteiger partial charge in [0.15, 0.2) is 0 Å². The number of amides is 1. The summed E-state index contributed by atoms with van der Waals surface area (Å²) in [5.41, 5.74) is 2.86. The second kappa shape index (κ2) is 7.56. The number of likely N-dealkylation sites (tertiary alicyclic amines) is 1. The maximum Gasteiger partial charge on any atom is 0.257 e. The molecule has 4 nitrogen and oxygen atoms in total. The number of piperidine rings is 1. The highest BCUT2D eigenvalue weighted by Crippen LogP contribution is 2.38. The lowest BCUT2D eigenvalue weighted by Crippen LogP contribution is -2.44. The minimum absolute atomic E-state index is 0.114. The molecule has 1 saturated heterocycles. The predicted molar refractivity (Wildman–Crippen MR) is 102 cm³/mol. The SMILES string of the molecule is Cc1nc(C2CC2)ncc1C(=O)N1CCCC[C@H]1CCc1ccccc1. The van der Waals surface area contributed by atoms with Crippen LogP contribution in [0, 0.1) is 6.92 Å². The number of benzene rings is 1. The molecule has 1 atom stereocenters. The molecule has 2 heterocycles. The van der Waals surface area contributed by atoms with E-state index in [-0.39, 0.29) is 5.91 Å². The third-order valence-electron chi connectivity index (χ3n) is 5.67. The predicted octanol–water partition coefficient (Wildman–Crippen LogP) is 4.29. The summed E-state index contributed by atoms with van der Waals surface area (Å²) >= 11 is 0. The number of carbonyl (C=O) groups excluding carboxylic acids is 1. The molecule has 136 valence electrons. The van der Waals surface area contributed by atoms with Crippen LogP contribution >= 0.6 is 0 Å². The molecule has 2 aromatic rings. The molecule has 4 heteroatoms. The highest BCUT2D eigenvalue weighted by atomic mass is 16.2. The van der Waals surface area contributed by atoms with Crippen molar-refractivity contribution >= 4 is 5.91 Å². The molecule has 26 heavy (non-hydrogen) atoms. The molecule has 0 bridgehead atoms. The topological polar surface area (TPSA) is 46.1 Å². The number of hydrogen-bond donors (Lipinski definition) is 0. The molecule has 4 rings (SSSR count). The van der Waals surface area contributed by atoms with Crippen molar-refractivity contribution in [2.24, 2.45) is 0 Å². The fourth-order valence-electron chi connectivity index (χ4n) is 3.93. The van der Waals surface area contributed by atoms with Crippen LogP contribution in [0.5, 0.6) is 0 Å². The summed E-state index contributed by atoms with van der Waals surface area (Å²) in [5.74, 6) is 1.55. The standard InChI is InChI=1S/C22H27N3O/c1-16-20(15-23-21(24-16)18-11-12-18)22(26)25-14-6-5-9-19(25)13-10-17-7-3-2-4-8-17/h2-4,7-8,15,18-19H,5-6,9-14H2,1H3/t19-/m0/s1. The summed E-state index contributed by atoms with van der Waals surface area (Å²) in [6, 6.07) is 10.9. The van der Waals surface area contributed by atoms with Gasteiger partial charge in [0.1, 0.15) is 5.82 Å². The second-order valence-electron chi connectivity index (χ2n) is 7.67. The number of rotatable bonds is 5. The van der Waals surface area contributed by atoms with E-state index in [1.807, 2.05) is 13.0 Å². The Morgan fingerprint density at radius 2 is 1.96 bits per heavy atom. The zero-order valence-corrected chi connectivity index (χ0v) is 15.5. The van der Waals surface area contributed by atoms with Gasteiger partial charge in [-0.2, -0.15) is 0 Å². The minimum atomic E-state index is 0.114. The van der Waals surface area contributed by atoms with E-state index in [0.29, 0.717) is 17.5 Å². The first-order chi connectivity index (χ1) is 12.7. The van der Waals surface area contributed by atoms with E-state index in [9.17, 15) is 4.79 Å². The molecule has 2 aliphatic rings. The molecule has 1 amide bonds. The van der Waals surface area contributed by atoms with Crippen LogP contribution in [-0.4, -0.2) is 33.4 Å². The molecule has 0 spiro atoms. The van der Waals surface area contributed by atoms with Crippen molar-refractivity contribution < 1.29 is 4.79 Å². The van der Waals surface area contributed by atoms with Crippen molar-refractivity contribution in [2.75, 3.05) is 6.54 Å². The van der Waals surface area contributed by atoms with Gasteiger partial charge < -0.3 is 4.90 Å². The van der Waals surface area contributed by atoms with E-state index in [1.165, 1.54) is 24.8 Å². The lowest BCUT2D eigenvalue weighted by Gasteiger charge is -2.36. The number of hydrogen-bond acceptors (Lipinski definition) is 3. The fourth-order valence-corrected chi connectivity index (χ4v) is 3.93. The van der Waals surface area contributed by atoms with Gasteiger partial charge in [-0.15, -0.1) is 0 Å². The van der Waals surface area contributed by atoms with Crippen molar-refractivity contribution in [3.63, 3.8) is 0 Å². The molecule has 1 aliphatic carbocycles. The summed E-state index contributed by atoms with van der Waals surface area (Å²) in [7, 11) is 0. The highest BCUT2D eigenvalue weighted by Gasteiger charge is 2.30. The zero-order valence-electron chi connectivity index (χ0n) is 15.5. The van der Waals surface area contributed by atoms with Crippen LogP contribution in [0.3, 0.4) is 0 Å². The highest BCUT2D eigenvalue weighted by molar-refractivity contribution is 5.95. The molecule has 1 aromatic heterocycles. The molecular formula is C22H27N3O. The largest absolute Gasteiger partial charge is 0.336 e. The number of nitrogens with zero attached hydrogens (tertiary/aromatic N) is 3. The van der Waals surface area contributed by atoms with E-state index in [0.717, 1.165) is 43.7 Å². The average molecular weight is 349 g/mol. The van der Waals surface area contributed by atoms with Crippen molar-refractivity contribution in [2.45, 2.75) is 63.8 Å². The Morgan fingerprint density at radius 1 is 1.15 bits per heavy atom. The van der Waals surface area contributed by atoms with E-state index in [2.05, 4.69) is 39.1 Å². The van der Waals surface area contributed by atoms with Crippen LogP contribution < -0.4 is 0 Å². The fraction of sp³-hybridized carbons (Fsp3) is 0.500. The third kappa shape index (κ3) is 3.79. The van der Waals surface area contributed by atoms with Gasteiger partial charge in [0.25, 0.3) is 5.91 Å². The normalized spacial score (nSPS) is 20.2. The quantitative estimate of drug-likeness (QED) is 0.809. The summed E-state index contributed by atoms with van der Waals surface area (Å²) in [6.45, 7) is 2.80. The first-order valence-corrected chi connectivity index (χ1v) is 9.91. The molecule has 1 aliphatic heterocycles. The molecule has 1 saturated carbocycles. The maximum absolute atomic E-state index is 13.2. The summed E-state index contributed by atoms with van der Waals surface area (Å²) in [5, 5.41) is 0. The van der Waals surface area contributed by atoms with Crippen LogP contribution in [0.4, 0.5) is 0 Å². The van der Waals surface area contributed by atoms with Crippen LogP contribution in [0.25, 0.3) is 0 Å². The maximum atomic E-state index is 13.2. The van der Waals surface area contributed by atoms with E-state index in [4.69, 9.17) is 0 Å². The van der Waals surface area contributed by atoms with Crippen LogP contribution in [0.2, 0.25) is 0 Å². The van der Waals surface area contributed by atoms with Crippen LogP contribution in [0.1, 0.15) is 71.9 Å². The Morgan fingerprint density at radius 3 is 2.69 bits per heavy atom. The summed E-state index contributed by atoms with van der Waals surface area (Å²) in [6.07, 6.45) is 9.56. The Balaban J connectivity index is 1.47. The summed E-state index contributed by atoms with van der Waals surface area (Å²) < 4.78 is 0. The third-order valence-corrected chi connectivity index (χ3v) is 5.67. The molecular weight excluding hydrogens is 322 g/mol. The number of aromatic nitrogens is 2. The van der Waals surface area contributed by atoms with Crippen molar-refractivity contribution in [1.29, 1.82) is 0 Å². The van der Waals surface area contributed by atoms with Crippen molar-refractivity contribution in [3.8, 4) is 0 Å². The van der Waals surface area contributed by atoms with E-state index < -0.39 is 0 Å². The molecule has 2 fully saturated rings. The average Bonchev–Trinajstić information content (AvgIpc) is 3.52. The van der Waals surface area contributed by atoms with Gasteiger partial charge in [-0.1, -0.05) is 30.3 Å². The first kappa shape index (κ1) is 17.2. The van der Waals surface area contributed by atoms with Gasteiger partial charge in [0.2, 0.25) is 0 Å². The van der Waals surface area contributed by atoms with Gasteiger partial charge in [0.05, 0.1) is 11.3 Å². The molecule has 0 unspecified atom stereocenters. The second-order valence-corrected chi connectivity index (χ2v) is 7.67. The van der Waals surface area contributed by atoms with E-state index >= 15 is 0 Å². The molecule has 0 radical (unpaired) electrons. The number of aryl methyl sites for hydroxylation is 2.